The first kappa shape index (κ1) is 16.4. The van der Waals surface area contributed by atoms with Gasteiger partial charge in [0, 0.05) is 20.2 Å². The summed E-state index contributed by atoms with van der Waals surface area (Å²) in [5.74, 6) is -1.83. The van der Waals surface area contributed by atoms with Crippen LogP contribution < -0.4 is 9.47 Å². The van der Waals surface area contributed by atoms with Gasteiger partial charge in [-0.2, -0.15) is 0 Å². The van der Waals surface area contributed by atoms with Crippen LogP contribution in [0.2, 0.25) is 0 Å². The molecule has 1 aromatic carbocycles. The molecule has 0 aliphatic heterocycles. The number of likely N-dealkylation sites (N-methyl/N-ethyl adjacent to an activating group) is 1. The molecular formula is C14H17NO6. The molecule has 0 fully saturated rings. The highest BCUT2D eigenvalue weighted by atomic mass is 16.5. The first-order chi connectivity index (χ1) is 9.81. The van der Waals surface area contributed by atoms with Crippen LogP contribution in [-0.2, 0) is 9.59 Å². The number of carbonyl (C=O) groups is 2. The zero-order chi connectivity index (χ0) is 16.2. The molecule has 7 nitrogen and oxygen atoms in total. The molecule has 0 saturated carbocycles. The molecule has 0 spiro atoms. The second kappa shape index (κ2) is 6.65. The maximum atomic E-state index is 12.1. The summed E-state index contributed by atoms with van der Waals surface area (Å²) < 4.78 is 9.99. The molecule has 114 valence electrons. The number of ether oxygens (including phenoxy) is 2. The molecule has 7 heteroatoms. The topological polar surface area (TPSA) is 96.3 Å². The number of carboxylic acids is 1. The molecule has 0 atom stereocenters. The summed E-state index contributed by atoms with van der Waals surface area (Å²) in [7, 11) is 5.69. The van der Waals surface area contributed by atoms with Crippen molar-refractivity contribution in [2.75, 3.05) is 28.3 Å². The lowest BCUT2D eigenvalue weighted by Gasteiger charge is -2.16. The van der Waals surface area contributed by atoms with E-state index in [0.29, 0.717) is 0 Å². The standard InChI is InChI=1S/C14H17NO6/c1-15(2)14(19)9(7-12(16)17)8-5-10(20-3)13(18)11(6-8)21-4/h5-7,18H,1-4H3,(H,16,17). The van der Waals surface area contributed by atoms with E-state index in [0.717, 1.165) is 6.08 Å². The fraction of sp³-hybridized carbons (Fsp3) is 0.286. The Bertz CT molecular complexity index is 566. The number of carbonyl (C=O) groups excluding carboxylic acids is 1. The van der Waals surface area contributed by atoms with Crippen LogP contribution in [-0.4, -0.2) is 55.3 Å². The van der Waals surface area contributed by atoms with Gasteiger partial charge in [-0.1, -0.05) is 0 Å². The van der Waals surface area contributed by atoms with Crippen LogP contribution in [0.1, 0.15) is 5.56 Å². The molecule has 0 unspecified atom stereocenters. The van der Waals surface area contributed by atoms with Crippen molar-refractivity contribution in [1.29, 1.82) is 0 Å². The fourth-order valence-corrected chi connectivity index (χ4v) is 1.68. The third-order valence-corrected chi connectivity index (χ3v) is 2.70. The summed E-state index contributed by atoms with van der Waals surface area (Å²) in [6.45, 7) is 0. The molecule has 1 aromatic rings. The minimum atomic E-state index is -1.26. The highest BCUT2D eigenvalue weighted by molar-refractivity contribution is 6.22. The van der Waals surface area contributed by atoms with Gasteiger partial charge in [0.25, 0.3) is 5.91 Å². The Kier molecular flexibility index (Phi) is 5.18. The average molecular weight is 295 g/mol. The maximum Gasteiger partial charge on any atom is 0.329 e. The van der Waals surface area contributed by atoms with Gasteiger partial charge in [0.2, 0.25) is 5.75 Å². The predicted molar refractivity (Wildman–Crippen MR) is 75.5 cm³/mol. The summed E-state index contributed by atoms with van der Waals surface area (Å²) in [5, 5.41) is 18.8. The van der Waals surface area contributed by atoms with E-state index in [2.05, 4.69) is 0 Å². The minimum absolute atomic E-state index is 0.0518. The van der Waals surface area contributed by atoms with Crippen LogP contribution in [0.3, 0.4) is 0 Å². The average Bonchev–Trinajstić information content (AvgIpc) is 2.44. The van der Waals surface area contributed by atoms with Crippen LogP contribution in [0, 0.1) is 0 Å². The Balaban J connectivity index is 3.52. The summed E-state index contributed by atoms with van der Waals surface area (Å²) >= 11 is 0. The second-order valence-electron chi connectivity index (χ2n) is 4.33. The number of aromatic hydroxyl groups is 1. The fourth-order valence-electron chi connectivity index (χ4n) is 1.68. The van der Waals surface area contributed by atoms with Gasteiger partial charge in [0.1, 0.15) is 0 Å². The molecular weight excluding hydrogens is 278 g/mol. The molecule has 0 saturated heterocycles. The molecule has 0 aromatic heterocycles. The van der Waals surface area contributed by atoms with Crippen LogP contribution >= 0.6 is 0 Å². The Labute approximate surface area is 122 Å². The van der Waals surface area contributed by atoms with Crippen molar-refractivity contribution in [2.45, 2.75) is 0 Å². The zero-order valence-corrected chi connectivity index (χ0v) is 12.2. The van der Waals surface area contributed by atoms with Gasteiger partial charge in [-0.05, 0) is 17.7 Å². The quantitative estimate of drug-likeness (QED) is 0.786. The Morgan fingerprint density at radius 2 is 1.62 bits per heavy atom. The molecule has 0 aliphatic carbocycles. The number of phenols is 1. The van der Waals surface area contributed by atoms with E-state index in [4.69, 9.17) is 14.6 Å². The van der Waals surface area contributed by atoms with Gasteiger partial charge < -0.3 is 24.6 Å². The van der Waals surface area contributed by atoms with Gasteiger partial charge in [0.15, 0.2) is 11.5 Å². The lowest BCUT2D eigenvalue weighted by atomic mass is 10.0. The number of hydrogen-bond acceptors (Lipinski definition) is 5. The molecule has 2 N–H and O–H groups in total. The number of hydrogen-bond donors (Lipinski definition) is 2. The smallest absolute Gasteiger partial charge is 0.329 e. The highest BCUT2D eigenvalue weighted by Crippen LogP contribution is 2.39. The van der Waals surface area contributed by atoms with Gasteiger partial charge in [0.05, 0.1) is 19.8 Å². The first-order valence-corrected chi connectivity index (χ1v) is 5.93. The summed E-state index contributed by atoms with van der Waals surface area (Å²) in [6.07, 6.45) is 0.799. The SMILES string of the molecule is COc1cc(C(=CC(=O)O)C(=O)N(C)C)cc(OC)c1O. The Morgan fingerprint density at radius 3 is 1.95 bits per heavy atom. The number of carboxylic acid groups (broad SMARTS) is 1. The molecule has 21 heavy (non-hydrogen) atoms. The van der Waals surface area contributed by atoms with Gasteiger partial charge >= 0.3 is 5.97 Å². The summed E-state index contributed by atoms with van der Waals surface area (Å²) in [5.41, 5.74) is 0.215. The monoisotopic (exact) mass is 295 g/mol. The predicted octanol–water partition coefficient (Wildman–Crippen LogP) is 0.966. The van der Waals surface area contributed by atoms with E-state index in [1.54, 1.807) is 0 Å². The number of rotatable bonds is 5. The van der Waals surface area contributed by atoms with Crippen molar-refractivity contribution in [3.8, 4) is 17.2 Å². The number of amides is 1. The van der Waals surface area contributed by atoms with E-state index in [1.807, 2.05) is 0 Å². The summed E-state index contributed by atoms with van der Waals surface area (Å²) in [4.78, 5) is 24.3. The molecule has 1 amide bonds. The van der Waals surface area contributed by atoms with Crippen molar-refractivity contribution in [1.82, 2.24) is 4.90 Å². The van der Waals surface area contributed by atoms with Gasteiger partial charge in [-0.25, -0.2) is 4.79 Å². The molecule has 1 rings (SSSR count). The van der Waals surface area contributed by atoms with Crippen molar-refractivity contribution in [3.05, 3.63) is 23.8 Å². The van der Waals surface area contributed by atoms with Gasteiger partial charge in [-0.3, -0.25) is 4.79 Å². The van der Waals surface area contributed by atoms with E-state index in [-0.39, 0.29) is 28.4 Å². The third-order valence-electron chi connectivity index (χ3n) is 2.70. The lowest BCUT2D eigenvalue weighted by Crippen LogP contribution is -2.23. The van der Waals surface area contributed by atoms with E-state index >= 15 is 0 Å². The second-order valence-corrected chi connectivity index (χ2v) is 4.33. The van der Waals surface area contributed by atoms with Crippen molar-refractivity contribution < 1.29 is 29.3 Å². The summed E-state index contributed by atoms with van der Waals surface area (Å²) in [6, 6.07) is 2.74. The largest absolute Gasteiger partial charge is 0.502 e. The Hall–Kier alpha value is -2.70. The van der Waals surface area contributed by atoms with Crippen molar-refractivity contribution >= 4 is 17.4 Å². The highest BCUT2D eigenvalue weighted by Gasteiger charge is 2.20. The van der Waals surface area contributed by atoms with E-state index in [1.165, 1.54) is 45.3 Å². The number of aliphatic carboxylic acids is 1. The molecule has 0 aliphatic rings. The number of nitrogens with zero attached hydrogens (tertiary/aromatic N) is 1. The van der Waals surface area contributed by atoms with Crippen LogP contribution in [0.4, 0.5) is 0 Å². The molecule has 0 bridgehead atoms. The number of methoxy groups -OCH3 is 2. The van der Waals surface area contributed by atoms with Crippen LogP contribution in [0.25, 0.3) is 5.57 Å². The molecule has 0 heterocycles. The zero-order valence-electron chi connectivity index (χ0n) is 12.2. The third kappa shape index (κ3) is 3.65. The van der Waals surface area contributed by atoms with Crippen molar-refractivity contribution in [3.63, 3.8) is 0 Å². The van der Waals surface area contributed by atoms with Gasteiger partial charge in [-0.15, -0.1) is 0 Å². The van der Waals surface area contributed by atoms with E-state index < -0.39 is 11.9 Å². The number of benzene rings is 1. The van der Waals surface area contributed by atoms with Crippen LogP contribution in [0.15, 0.2) is 18.2 Å². The molecule has 0 radical (unpaired) electrons. The van der Waals surface area contributed by atoms with Crippen molar-refractivity contribution in [2.24, 2.45) is 0 Å². The lowest BCUT2D eigenvalue weighted by molar-refractivity contribution is -0.131. The normalized spacial score (nSPS) is 11.0. The maximum absolute atomic E-state index is 12.1. The van der Waals surface area contributed by atoms with E-state index in [9.17, 15) is 14.7 Å². The first-order valence-electron chi connectivity index (χ1n) is 5.93. The Morgan fingerprint density at radius 1 is 1.14 bits per heavy atom. The minimum Gasteiger partial charge on any atom is -0.502 e. The van der Waals surface area contributed by atoms with Crippen LogP contribution in [0.5, 0.6) is 17.2 Å². The number of phenolic OH excluding ortho intramolecular Hbond substituents is 1.